The van der Waals surface area contributed by atoms with Crippen LogP contribution in [-0.2, 0) is 6.54 Å². The van der Waals surface area contributed by atoms with E-state index in [1.54, 1.807) is 17.1 Å². The molecule has 1 N–H and O–H groups in total. The number of amides is 1. The quantitative estimate of drug-likeness (QED) is 0.634. The van der Waals surface area contributed by atoms with Crippen molar-refractivity contribution < 1.29 is 4.79 Å². The fraction of sp³-hybridized carbons (Fsp3) is 0.304. The van der Waals surface area contributed by atoms with Crippen molar-refractivity contribution in [2.45, 2.75) is 6.54 Å². The number of para-hydroxylation sites is 1. The number of rotatable bonds is 7. The van der Waals surface area contributed by atoms with Crippen molar-refractivity contribution in [1.29, 1.82) is 0 Å². The van der Waals surface area contributed by atoms with Crippen LogP contribution in [0, 0.1) is 0 Å². The van der Waals surface area contributed by atoms with Crippen molar-refractivity contribution in [2.24, 2.45) is 0 Å². The summed E-state index contributed by atoms with van der Waals surface area (Å²) in [4.78, 5) is 17.2. The second-order valence-corrected chi connectivity index (χ2v) is 7.85. The highest BCUT2D eigenvalue weighted by Crippen LogP contribution is 2.16. The van der Waals surface area contributed by atoms with Gasteiger partial charge in [-0.05, 0) is 23.8 Å². The molecule has 4 rings (SSSR count). The minimum atomic E-state index is -0.0941. The molecule has 0 bridgehead atoms. The molecule has 156 valence electrons. The Kier molecular flexibility index (Phi) is 6.67. The predicted octanol–water partition coefficient (Wildman–Crippen LogP) is 3.14. The van der Waals surface area contributed by atoms with Crippen LogP contribution in [0.3, 0.4) is 0 Å². The Hall–Kier alpha value is -2.83. The van der Waals surface area contributed by atoms with Gasteiger partial charge >= 0.3 is 0 Å². The summed E-state index contributed by atoms with van der Waals surface area (Å²) in [6, 6.07) is 18.2. The van der Waals surface area contributed by atoms with Gasteiger partial charge in [-0.25, -0.2) is 0 Å². The van der Waals surface area contributed by atoms with E-state index in [-0.39, 0.29) is 5.91 Å². The molecule has 1 saturated heterocycles. The highest BCUT2D eigenvalue weighted by Gasteiger charge is 2.17. The summed E-state index contributed by atoms with van der Waals surface area (Å²) in [7, 11) is 0. The first-order valence-electron chi connectivity index (χ1n) is 10.3. The lowest BCUT2D eigenvalue weighted by molar-refractivity contribution is 0.0947. The third-order valence-electron chi connectivity index (χ3n) is 5.39. The molecule has 0 radical (unpaired) electrons. The van der Waals surface area contributed by atoms with E-state index in [1.807, 2.05) is 30.3 Å². The molecule has 2 aromatic carbocycles. The van der Waals surface area contributed by atoms with Crippen LogP contribution < -0.4 is 10.2 Å². The first-order valence-corrected chi connectivity index (χ1v) is 10.6. The molecule has 0 unspecified atom stereocenters. The fourth-order valence-electron chi connectivity index (χ4n) is 3.67. The lowest BCUT2D eigenvalue weighted by atomic mass is 10.2. The number of carbonyl (C=O) groups excluding carboxylic acids is 1. The highest BCUT2D eigenvalue weighted by molar-refractivity contribution is 6.31. The average molecular weight is 424 g/mol. The van der Waals surface area contributed by atoms with Gasteiger partial charge in [-0.3, -0.25) is 14.4 Å². The van der Waals surface area contributed by atoms with E-state index in [4.69, 9.17) is 11.6 Å². The summed E-state index contributed by atoms with van der Waals surface area (Å²) in [5, 5.41) is 7.99. The minimum Gasteiger partial charge on any atom is -0.369 e. The molecule has 0 aliphatic carbocycles. The van der Waals surface area contributed by atoms with Gasteiger partial charge in [0.25, 0.3) is 5.91 Å². The van der Waals surface area contributed by atoms with E-state index < -0.39 is 0 Å². The maximum absolute atomic E-state index is 12.4. The largest absolute Gasteiger partial charge is 0.369 e. The maximum atomic E-state index is 12.4. The molecule has 0 saturated carbocycles. The number of nitrogens with one attached hydrogen (secondary N) is 1. The Balaban J connectivity index is 1.20. The molecule has 1 aromatic heterocycles. The molecule has 30 heavy (non-hydrogen) atoms. The first kappa shape index (κ1) is 20.4. The molecule has 7 heteroatoms. The van der Waals surface area contributed by atoms with Gasteiger partial charge in [0.2, 0.25) is 0 Å². The number of hydrogen-bond acceptors (Lipinski definition) is 4. The molecular formula is C23H26ClN5O. The Morgan fingerprint density at radius 1 is 1.00 bits per heavy atom. The van der Waals surface area contributed by atoms with E-state index in [0.717, 1.165) is 38.3 Å². The molecule has 2 heterocycles. The molecule has 6 nitrogen and oxygen atoms in total. The fourth-order valence-corrected chi connectivity index (χ4v) is 3.86. The summed E-state index contributed by atoms with van der Waals surface area (Å²) in [5.74, 6) is -0.0941. The lowest BCUT2D eigenvalue weighted by Gasteiger charge is -2.36. The van der Waals surface area contributed by atoms with Gasteiger partial charge in [-0.15, -0.1) is 0 Å². The summed E-state index contributed by atoms with van der Waals surface area (Å²) in [6.45, 7) is 6.03. The molecule has 1 aliphatic rings. The number of nitrogens with zero attached hydrogens (tertiary/aromatic N) is 4. The van der Waals surface area contributed by atoms with Gasteiger partial charge in [-0.1, -0.05) is 48.0 Å². The van der Waals surface area contributed by atoms with E-state index in [2.05, 4.69) is 44.5 Å². The number of aromatic nitrogens is 2. The number of hydrogen-bond donors (Lipinski definition) is 1. The van der Waals surface area contributed by atoms with Gasteiger partial charge < -0.3 is 10.2 Å². The summed E-state index contributed by atoms with van der Waals surface area (Å²) < 4.78 is 1.74. The molecule has 1 amide bonds. The summed E-state index contributed by atoms with van der Waals surface area (Å²) >= 11 is 6.20. The number of carbonyl (C=O) groups is 1. The van der Waals surface area contributed by atoms with Crippen molar-refractivity contribution in [3.63, 3.8) is 0 Å². The topological polar surface area (TPSA) is 53.4 Å². The highest BCUT2D eigenvalue weighted by atomic mass is 35.5. The van der Waals surface area contributed by atoms with Crippen molar-refractivity contribution in [1.82, 2.24) is 20.0 Å². The van der Waals surface area contributed by atoms with Gasteiger partial charge in [0, 0.05) is 56.2 Å². The predicted molar refractivity (Wildman–Crippen MR) is 120 cm³/mol. The Morgan fingerprint density at radius 2 is 1.73 bits per heavy atom. The number of halogens is 1. The molecule has 0 spiro atoms. The van der Waals surface area contributed by atoms with Crippen LogP contribution >= 0.6 is 11.6 Å². The second kappa shape index (κ2) is 9.78. The number of benzene rings is 2. The standard InChI is InChI=1S/C23H26ClN5O/c24-22-9-5-4-6-19(22)17-29-18-20(16-26-29)23(30)25-10-11-27-12-14-28(15-13-27)21-7-2-1-3-8-21/h1-9,16,18H,10-15,17H2,(H,25,30). The van der Waals surface area contributed by atoms with Crippen molar-refractivity contribution >= 4 is 23.2 Å². The zero-order valence-electron chi connectivity index (χ0n) is 16.9. The van der Waals surface area contributed by atoms with Crippen LogP contribution in [0.15, 0.2) is 67.0 Å². The molecule has 1 fully saturated rings. The molecule has 3 aromatic rings. The van der Waals surface area contributed by atoms with E-state index in [0.29, 0.717) is 23.7 Å². The summed E-state index contributed by atoms with van der Waals surface area (Å²) in [6.07, 6.45) is 3.36. The normalized spacial score (nSPS) is 14.6. The Bertz CT molecular complexity index is 966. The number of piperazine rings is 1. The van der Waals surface area contributed by atoms with E-state index in [9.17, 15) is 4.79 Å². The van der Waals surface area contributed by atoms with Gasteiger partial charge in [-0.2, -0.15) is 5.10 Å². The third kappa shape index (κ3) is 5.20. The Labute approximate surface area is 182 Å². The Morgan fingerprint density at radius 3 is 2.50 bits per heavy atom. The zero-order valence-corrected chi connectivity index (χ0v) is 17.6. The maximum Gasteiger partial charge on any atom is 0.254 e. The smallest absolute Gasteiger partial charge is 0.254 e. The first-order chi connectivity index (χ1) is 14.7. The zero-order chi connectivity index (χ0) is 20.8. The van der Waals surface area contributed by atoms with Crippen molar-refractivity contribution in [2.75, 3.05) is 44.2 Å². The van der Waals surface area contributed by atoms with Crippen LogP contribution in [0.5, 0.6) is 0 Å². The van der Waals surface area contributed by atoms with Crippen LogP contribution in [0.4, 0.5) is 5.69 Å². The van der Waals surface area contributed by atoms with E-state index in [1.165, 1.54) is 5.69 Å². The molecular weight excluding hydrogens is 398 g/mol. The monoisotopic (exact) mass is 423 g/mol. The van der Waals surface area contributed by atoms with E-state index >= 15 is 0 Å². The summed E-state index contributed by atoms with van der Waals surface area (Å²) in [5.41, 5.74) is 2.82. The second-order valence-electron chi connectivity index (χ2n) is 7.44. The molecule has 1 aliphatic heterocycles. The SMILES string of the molecule is O=C(NCCN1CCN(c2ccccc2)CC1)c1cnn(Cc2ccccc2Cl)c1. The van der Waals surface area contributed by atoms with Crippen LogP contribution in [-0.4, -0.2) is 59.9 Å². The minimum absolute atomic E-state index is 0.0941. The van der Waals surface area contributed by atoms with Crippen molar-refractivity contribution in [3.05, 3.63) is 83.1 Å². The van der Waals surface area contributed by atoms with Gasteiger partial charge in [0.1, 0.15) is 0 Å². The van der Waals surface area contributed by atoms with Crippen LogP contribution in [0.1, 0.15) is 15.9 Å². The van der Waals surface area contributed by atoms with Crippen LogP contribution in [0.25, 0.3) is 0 Å². The molecule has 0 atom stereocenters. The lowest BCUT2D eigenvalue weighted by Crippen LogP contribution is -2.48. The third-order valence-corrected chi connectivity index (χ3v) is 5.76. The van der Waals surface area contributed by atoms with Crippen molar-refractivity contribution in [3.8, 4) is 0 Å². The average Bonchev–Trinajstić information content (AvgIpc) is 3.25. The van der Waals surface area contributed by atoms with Gasteiger partial charge in [0.15, 0.2) is 0 Å². The van der Waals surface area contributed by atoms with Gasteiger partial charge in [0.05, 0.1) is 18.3 Å². The van der Waals surface area contributed by atoms with Crippen LogP contribution in [0.2, 0.25) is 5.02 Å². The number of anilines is 1.